The first-order chi connectivity index (χ1) is 12.1. The minimum Gasteiger partial charge on any atom is -0.329 e. The highest BCUT2D eigenvalue weighted by Crippen LogP contribution is 2.19. The highest BCUT2D eigenvalue weighted by molar-refractivity contribution is 6.04. The molecule has 132 valence electrons. The number of pyridine rings is 2. The molecule has 2 heterocycles. The number of aromatic amines is 1. The largest absolute Gasteiger partial charge is 0.329 e. The summed E-state index contributed by atoms with van der Waals surface area (Å²) in [6, 6.07) is 3.75. The van der Waals surface area contributed by atoms with E-state index in [-0.39, 0.29) is 5.56 Å². The Morgan fingerprint density at radius 3 is 2.96 bits per heavy atom. The van der Waals surface area contributed by atoms with E-state index < -0.39 is 0 Å². The van der Waals surface area contributed by atoms with Crippen molar-refractivity contribution in [3.05, 3.63) is 59.3 Å². The van der Waals surface area contributed by atoms with Crippen LogP contribution in [0.25, 0.3) is 10.8 Å². The van der Waals surface area contributed by atoms with Crippen LogP contribution in [0.1, 0.15) is 39.3 Å². The van der Waals surface area contributed by atoms with Crippen molar-refractivity contribution in [1.82, 2.24) is 9.97 Å². The molecule has 0 radical (unpaired) electrons. The molecule has 1 atom stereocenters. The molecule has 5 nitrogen and oxygen atoms in total. The second-order valence-corrected chi connectivity index (χ2v) is 6.05. The highest BCUT2D eigenvalue weighted by atomic mass is 16.1. The lowest BCUT2D eigenvalue weighted by molar-refractivity contribution is 0.697. The first kappa shape index (κ1) is 18.6. The van der Waals surface area contributed by atoms with Gasteiger partial charge in [0.2, 0.25) is 0 Å². The van der Waals surface area contributed by atoms with Crippen LogP contribution in [0.3, 0.4) is 0 Å². The second-order valence-electron chi connectivity index (χ2n) is 6.05. The lowest BCUT2D eigenvalue weighted by Crippen LogP contribution is -2.13. The van der Waals surface area contributed by atoms with E-state index in [9.17, 15) is 4.79 Å². The number of aliphatic imine (C=N–C) groups is 1. The van der Waals surface area contributed by atoms with Gasteiger partial charge in [-0.15, -0.1) is 0 Å². The van der Waals surface area contributed by atoms with Gasteiger partial charge in [0.15, 0.2) is 0 Å². The van der Waals surface area contributed by atoms with Gasteiger partial charge < -0.3 is 10.3 Å². The van der Waals surface area contributed by atoms with Gasteiger partial charge in [-0.1, -0.05) is 46.3 Å². The second kappa shape index (κ2) is 8.97. The van der Waals surface area contributed by atoms with E-state index in [0.29, 0.717) is 23.0 Å². The Labute approximate surface area is 148 Å². The Bertz CT molecular complexity index is 848. The summed E-state index contributed by atoms with van der Waals surface area (Å²) in [6.07, 6.45) is 9.89. The first-order valence-corrected chi connectivity index (χ1v) is 8.74. The zero-order chi connectivity index (χ0) is 18.2. The van der Waals surface area contributed by atoms with Gasteiger partial charge in [0, 0.05) is 12.4 Å². The average Bonchev–Trinajstić information content (AvgIpc) is 2.60. The van der Waals surface area contributed by atoms with Crippen molar-refractivity contribution in [2.45, 2.75) is 40.0 Å². The standard InChI is InChI=1S/C20H26N4O/c1-5-8-16-19-15(10-12-22-20(19)25)13-18(23-16)24-17(7-3)21-11-9-14(4)6-2/h7,9-14H,3,5-6,8H2,1-2,4H3,(H,22,25)(H,21,23,24)/b11-9-. The van der Waals surface area contributed by atoms with Crippen molar-refractivity contribution in [3.63, 3.8) is 0 Å². The van der Waals surface area contributed by atoms with E-state index in [0.717, 1.165) is 30.3 Å². The lowest BCUT2D eigenvalue weighted by atomic mass is 10.1. The molecule has 0 aliphatic rings. The number of amidine groups is 1. The van der Waals surface area contributed by atoms with Crippen LogP contribution in [-0.4, -0.2) is 15.8 Å². The van der Waals surface area contributed by atoms with Crippen molar-refractivity contribution >= 4 is 22.4 Å². The fourth-order valence-electron chi connectivity index (χ4n) is 2.45. The predicted molar refractivity (Wildman–Crippen MR) is 106 cm³/mol. The van der Waals surface area contributed by atoms with E-state index in [2.05, 4.69) is 53.7 Å². The Balaban J connectivity index is 2.37. The maximum atomic E-state index is 12.1. The minimum absolute atomic E-state index is 0.103. The van der Waals surface area contributed by atoms with Crippen LogP contribution in [0.5, 0.6) is 0 Å². The third kappa shape index (κ3) is 4.89. The summed E-state index contributed by atoms with van der Waals surface area (Å²) in [5.41, 5.74) is 0.692. The summed E-state index contributed by atoms with van der Waals surface area (Å²) in [4.78, 5) is 23.9. The molecule has 0 amide bonds. The van der Waals surface area contributed by atoms with Crippen molar-refractivity contribution in [1.29, 1.82) is 0 Å². The van der Waals surface area contributed by atoms with Crippen molar-refractivity contribution in [3.8, 4) is 0 Å². The molecular weight excluding hydrogens is 312 g/mol. The Morgan fingerprint density at radius 1 is 1.48 bits per heavy atom. The minimum atomic E-state index is -0.103. The van der Waals surface area contributed by atoms with E-state index in [1.54, 1.807) is 18.5 Å². The van der Waals surface area contributed by atoms with Gasteiger partial charge in [-0.3, -0.25) is 4.79 Å². The molecule has 2 aromatic heterocycles. The molecule has 0 saturated carbocycles. The lowest BCUT2D eigenvalue weighted by Gasteiger charge is -2.10. The number of aryl methyl sites for hydroxylation is 1. The number of aromatic nitrogens is 2. The van der Waals surface area contributed by atoms with E-state index in [4.69, 9.17) is 0 Å². The van der Waals surface area contributed by atoms with Crippen LogP contribution in [-0.2, 0) is 6.42 Å². The quantitative estimate of drug-likeness (QED) is 0.579. The van der Waals surface area contributed by atoms with Gasteiger partial charge in [-0.25, -0.2) is 9.98 Å². The third-order valence-electron chi connectivity index (χ3n) is 4.04. The third-order valence-corrected chi connectivity index (χ3v) is 4.04. The maximum absolute atomic E-state index is 12.1. The number of hydrogen-bond donors (Lipinski definition) is 2. The van der Waals surface area contributed by atoms with Crippen LogP contribution in [0, 0.1) is 5.92 Å². The molecule has 2 rings (SSSR count). The van der Waals surface area contributed by atoms with Gasteiger partial charge in [0.1, 0.15) is 11.7 Å². The van der Waals surface area contributed by atoms with Gasteiger partial charge in [-0.2, -0.15) is 0 Å². The molecule has 2 N–H and O–H groups in total. The number of hydrogen-bond acceptors (Lipinski definition) is 3. The summed E-state index contributed by atoms with van der Waals surface area (Å²) in [5.74, 6) is 1.77. The van der Waals surface area contributed by atoms with Gasteiger partial charge in [0.25, 0.3) is 5.56 Å². The van der Waals surface area contributed by atoms with Crippen LogP contribution in [0.2, 0.25) is 0 Å². The van der Waals surface area contributed by atoms with Crippen molar-refractivity contribution in [2.24, 2.45) is 10.9 Å². The van der Waals surface area contributed by atoms with Crippen LogP contribution in [0.15, 0.2) is 53.0 Å². The van der Waals surface area contributed by atoms with E-state index in [1.165, 1.54) is 0 Å². The monoisotopic (exact) mass is 338 g/mol. The molecule has 0 fully saturated rings. The predicted octanol–water partition coefficient (Wildman–Crippen LogP) is 4.43. The molecule has 5 heteroatoms. The Morgan fingerprint density at radius 2 is 2.28 bits per heavy atom. The molecule has 1 unspecified atom stereocenters. The first-order valence-electron chi connectivity index (χ1n) is 8.74. The van der Waals surface area contributed by atoms with Crippen LogP contribution >= 0.6 is 0 Å². The van der Waals surface area contributed by atoms with Gasteiger partial charge in [0.05, 0.1) is 11.1 Å². The zero-order valence-corrected chi connectivity index (χ0v) is 15.2. The number of fused-ring (bicyclic) bond motifs is 1. The molecule has 0 aromatic carbocycles. The zero-order valence-electron chi connectivity index (χ0n) is 15.2. The number of H-pyrrole nitrogens is 1. The number of rotatable bonds is 7. The maximum Gasteiger partial charge on any atom is 0.257 e. The molecule has 0 aliphatic heterocycles. The Kier molecular flexibility index (Phi) is 6.69. The fourth-order valence-corrected chi connectivity index (χ4v) is 2.45. The average molecular weight is 338 g/mol. The number of nitrogens with one attached hydrogen (secondary N) is 2. The van der Waals surface area contributed by atoms with Crippen LogP contribution < -0.4 is 10.9 Å². The van der Waals surface area contributed by atoms with Crippen molar-refractivity contribution in [2.75, 3.05) is 5.32 Å². The fraction of sp³-hybridized carbons (Fsp3) is 0.350. The van der Waals surface area contributed by atoms with Crippen molar-refractivity contribution < 1.29 is 0 Å². The molecule has 0 bridgehead atoms. The normalized spacial score (nSPS) is 13.3. The molecular formula is C20H26N4O. The topological polar surface area (TPSA) is 70.1 Å². The summed E-state index contributed by atoms with van der Waals surface area (Å²) in [5, 5.41) is 4.71. The van der Waals surface area contributed by atoms with E-state index in [1.807, 2.05) is 12.1 Å². The molecule has 0 saturated heterocycles. The summed E-state index contributed by atoms with van der Waals surface area (Å²) >= 11 is 0. The molecule has 0 spiro atoms. The molecule has 25 heavy (non-hydrogen) atoms. The van der Waals surface area contributed by atoms with Gasteiger partial charge in [-0.05, 0) is 35.9 Å². The highest BCUT2D eigenvalue weighted by Gasteiger charge is 2.09. The summed E-state index contributed by atoms with van der Waals surface area (Å²) < 4.78 is 0. The Hall–Kier alpha value is -2.69. The SMILES string of the molecule is C=CC(=N/C=C\C(C)CC)Nc1cc2cc[nH]c(=O)c2c(CCC)n1. The molecule has 0 aliphatic carbocycles. The number of nitrogens with zero attached hydrogens (tertiary/aromatic N) is 2. The van der Waals surface area contributed by atoms with E-state index >= 15 is 0 Å². The smallest absolute Gasteiger partial charge is 0.257 e. The van der Waals surface area contributed by atoms with Crippen LogP contribution in [0.4, 0.5) is 5.82 Å². The summed E-state index contributed by atoms with van der Waals surface area (Å²) in [7, 11) is 0. The summed E-state index contributed by atoms with van der Waals surface area (Å²) in [6.45, 7) is 10.2. The van der Waals surface area contributed by atoms with Gasteiger partial charge >= 0.3 is 0 Å². The number of anilines is 1. The molecule has 2 aromatic rings. The number of allylic oxidation sites excluding steroid dienone is 1.